The highest BCUT2D eigenvalue weighted by molar-refractivity contribution is 7.90. The average Bonchev–Trinajstić information content (AvgIpc) is 2.36. The average molecular weight is 337 g/mol. The van der Waals surface area contributed by atoms with E-state index in [-0.39, 0.29) is 17.4 Å². The normalized spacial score (nSPS) is 12.8. The lowest BCUT2D eigenvalue weighted by Crippen LogP contribution is -2.40. The van der Waals surface area contributed by atoms with Crippen LogP contribution < -0.4 is 4.72 Å². The maximum absolute atomic E-state index is 12.3. The Kier molecular flexibility index (Phi) is 5.27. The van der Waals surface area contributed by atoms with E-state index in [0.29, 0.717) is 0 Å². The summed E-state index contributed by atoms with van der Waals surface area (Å²) in [5.41, 5.74) is -4.14. The van der Waals surface area contributed by atoms with Gasteiger partial charge in [0.2, 0.25) is 0 Å². The fraction of sp³-hybridized carbons (Fsp3) is 0.500. The fourth-order valence-corrected chi connectivity index (χ4v) is 2.19. The molecule has 0 spiro atoms. The number of benzene rings is 1. The van der Waals surface area contributed by atoms with Gasteiger partial charge in [0, 0.05) is 5.56 Å². The second-order valence-electron chi connectivity index (χ2n) is 5.58. The van der Waals surface area contributed by atoms with Crippen molar-refractivity contribution in [3.05, 3.63) is 34.9 Å². The zero-order valence-corrected chi connectivity index (χ0v) is 13.5. The lowest BCUT2D eigenvalue weighted by Gasteiger charge is -2.15. The van der Waals surface area contributed by atoms with Crippen LogP contribution >= 0.6 is 0 Å². The highest BCUT2D eigenvalue weighted by atomic mass is 32.2. The van der Waals surface area contributed by atoms with Crippen LogP contribution in [0.2, 0.25) is 0 Å². The fourth-order valence-electron chi connectivity index (χ4n) is 1.71. The number of halogens is 3. The van der Waals surface area contributed by atoms with Gasteiger partial charge in [0.25, 0.3) is 5.91 Å². The number of nitrogens with one attached hydrogen (secondary N) is 1. The van der Waals surface area contributed by atoms with E-state index >= 15 is 0 Å². The molecule has 1 aromatic rings. The van der Waals surface area contributed by atoms with Crippen molar-refractivity contribution in [3.8, 4) is 0 Å². The molecule has 0 atom stereocenters. The van der Waals surface area contributed by atoms with Crippen molar-refractivity contribution >= 4 is 15.9 Å². The number of amides is 1. The van der Waals surface area contributed by atoms with Crippen LogP contribution in [0.5, 0.6) is 0 Å². The van der Waals surface area contributed by atoms with Crippen LogP contribution in [0.25, 0.3) is 0 Å². The number of alkyl halides is 3. The van der Waals surface area contributed by atoms with Crippen molar-refractivity contribution < 1.29 is 26.4 Å². The summed E-state index contributed by atoms with van der Waals surface area (Å²) in [6.45, 7) is 7.47. The number of hydrogen-bond donors (Lipinski definition) is 1. The summed E-state index contributed by atoms with van der Waals surface area (Å²) < 4.78 is 60.1. The predicted molar refractivity (Wildman–Crippen MR) is 77.1 cm³/mol. The number of carbonyl (C=O) groups excluding carboxylic acids is 1. The van der Waals surface area contributed by atoms with Gasteiger partial charge in [-0.15, -0.1) is 0 Å². The molecule has 1 N–H and O–H groups in total. The monoisotopic (exact) mass is 337 g/mol. The van der Waals surface area contributed by atoms with Crippen molar-refractivity contribution in [2.24, 2.45) is 0 Å². The molecule has 8 heteroatoms. The van der Waals surface area contributed by atoms with Gasteiger partial charge < -0.3 is 0 Å². The lowest BCUT2D eigenvalue weighted by atomic mass is 9.93. The van der Waals surface area contributed by atoms with E-state index in [2.05, 4.69) is 0 Å². The van der Waals surface area contributed by atoms with Crippen LogP contribution in [-0.4, -0.2) is 19.8 Å². The molecule has 4 nitrogen and oxygen atoms in total. The van der Waals surface area contributed by atoms with E-state index in [1.54, 1.807) is 0 Å². The van der Waals surface area contributed by atoms with Crippen LogP contribution in [-0.2, 0) is 10.0 Å². The van der Waals surface area contributed by atoms with Crippen LogP contribution in [0, 0.1) is 0 Å². The first-order valence-electron chi connectivity index (χ1n) is 6.63. The molecule has 1 amide bonds. The molecule has 0 heterocycles. The van der Waals surface area contributed by atoms with Crippen molar-refractivity contribution in [3.63, 3.8) is 0 Å². The van der Waals surface area contributed by atoms with Crippen LogP contribution in [0.15, 0.2) is 18.2 Å². The molecule has 1 rings (SSSR count). The van der Waals surface area contributed by atoms with Crippen molar-refractivity contribution in [2.75, 3.05) is 0 Å². The molecular weight excluding hydrogens is 319 g/mol. The summed E-state index contributed by atoms with van der Waals surface area (Å²) in [5, 5.41) is 0. The topological polar surface area (TPSA) is 63.2 Å². The number of carbonyl (C=O) groups is 1. The Morgan fingerprint density at radius 2 is 1.41 bits per heavy atom. The molecule has 0 saturated carbocycles. The molecule has 0 aromatic heterocycles. The molecule has 0 aliphatic rings. The zero-order chi connectivity index (χ0) is 17.3. The molecule has 0 fully saturated rings. The minimum Gasteiger partial charge on any atom is -0.268 e. The number of rotatable bonds is 4. The van der Waals surface area contributed by atoms with Crippen molar-refractivity contribution in [1.29, 1.82) is 0 Å². The van der Waals surface area contributed by atoms with Crippen LogP contribution in [0.3, 0.4) is 0 Å². The molecule has 0 aliphatic heterocycles. The van der Waals surface area contributed by atoms with Crippen molar-refractivity contribution in [1.82, 2.24) is 4.72 Å². The summed E-state index contributed by atoms with van der Waals surface area (Å²) >= 11 is 0. The first-order valence-corrected chi connectivity index (χ1v) is 8.11. The molecule has 0 saturated heterocycles. The Balaban J connectivity index is 3.24. The molecule has 0 radical (unpaired) electrons. The summed E-state index contributed by atoms with van der Waals surface area (Å²) in [4.78, 5) is 11.9. The Morgan fingerprint density at radius 1 is 1.00 bits per heavy atom. The third-order valence-electron chi connectivity index (χ3n) is 3.10. The minimum absolute atomic E-state index is 0.0458. The maximum Gasteiger partial charge on any atom is 0.516 e. The van der Waals surface area contributed by atoms with E-state index in [0.717, 1.165) is 15.8 Å². The summed E-state index contributed by atoms with van der Waals surface area (Å²) in [7, 11) is -5.71. The molecule has 0 unspecified atom stereocenters. The van der Waals surface area contributed by atoms with E-state index in [1.807, 2.05) is 33.8 Å². The molecule has 0 bridgehead atoms. The van der Waals surface area contributed by atoms with Gasteiger partial charge in [-0.2, -0.15) is 21.6 Å². The summed E-state index contributed by atoms with van der Waals surface area (Å²) in [6, 6.07) is 4.65. The molecule has 124 valence electrons. The maximum atomic E-state index is 12.3. The Morgan fingerprint density at radius 3 is 1.73 bits per heavy atom. The van der Waals surface area contributed by atoms with Crippen LogP contribution in [0.1, 0.15) is 61.0 Å². The van der Waals surface area contributed by atoms with E-state index < -0.39 is 21.4 Å². The highest BCUT2D eigenvalue weighted by Gasteiger charge is 2.47. The molecule has 0 aliphatic carbocycles. The van der Waals surface area contributed by atoms with Gasteiger partial charge in [0.1, 0.15) is 0 Å². The highest BCUT2D eigenvalue weighted by Crippen LogP contribution is 2.25. The van der Waals surface area contributed by atoms with Gasteiger partial charge in [-0.05, 0) is 35.1 Å². The van der Waals surface area contributed by atoms with Crippen molar-refractivity contribution in [2.45, 2.75) is 45.0 Å². The Labute approximate surface area is 127 Å². The largest absolute Gasteiger partial charge is 0.516 e. The van der Waals surface area contributed by atoms with Gasteiger partial charge in [0.05, 0.1) is 0 Å². The van der Waals surface area contributed by atoms with Gasteiger partial charge in [-0.25, -0.2) is 4.72 Å². The lowest BCUT2D eigenvalue weighted by molar-refractivity contribution is -0.0446. The summed E-state index contributed by atoms with van der Waals surface area (Å²) in [5.74, 6) is -1.20. The number of hydrogen-bond acceptors (Lipinski definition) is 3. The smallest absolute Gasteiger partial charge is 0.268 e. The molecular formula is C14H18F3NO3S. The minimum atomic E-state index is -5.71. The standard InChI is InChI=1S/C14H18F3NO3S/c1-8(2)10-5-11(9(3)4)7-12(6-10)13(19)18-22(20,21)14(15,16)17/h5-9H,1-4H3,(H,18,19). The Bertz CT molecular complexity index is 638. The van der Waals surface area contributed by atoms with E-state index in [9.17, 15) is 26.4 Å². The quantitative estimate of drug-likeness (QED) is 0.914. The van der Waals surface area contributed by atoms with Gasteiger partial charge in [0.15, 0.2) is 0 Å². The molecule has 22 heavy (non-hydrogen) atoms. The second-order valence-corrected chi connectivity index (χ2v) is 7.25. The van der Waals surface area contributed by atoms with Gasteiger partial charge >= 0.3 is 15.5 Å². The zero-order valence-electron chi connectivity index (χ0n) is 12.7. The van der Waals surface area contributed by atoms with E-state index in [1.165, 1.54) is 12.1 Å². The third kappa shape index (κ3) is 4.22. The first-order chi connectivity index (χ1) is 9.85. The van der Waals surface area contributed by atoms with Gasteiger partial charge in [-0.3, -0.25) is 4.79 Å². The SMILES string of the molecule is CC(C)c1cc(C(=O)NS(=O)(=O)C(F)(F)F)cc(C(C)C)c1. The number of sulfonamides is 1. The predicted octanol–water partition coefficient (Wildman–Crippen LogP) is 3.51. The Hall–Kier alpha value is -1.57. The second kappa shape index (κ2) is 6.28. The first kappa shape index (κ1) is 18.5. The summed E-state index contributed by atoms with van der Waals surface area (Å²) in [6.07, 6.45) is 0. The van der Waals surface area contributed by atoms with Gasteiger partial charge in [-0.1, -0.05) is 33.8 Å². The van der Waals surface area contributed by atoms with E-state index in [4.69, 9.17) is 0 Å². The third-order valence-corrected chi connectivity index (χ3v) is 4.17. The molecule has 1 aromatic carbocycles. The van der Waals surface area contributed by atoms with Crippen LogP contribution in [0.4, 0.5) is 13.2 Å².